The standard InChI is InChI=1S/C22H25FN4O2/c23-18-5-1-2-7-20(18)26-12-14-27(15-13-26)22(29)17-4-3-6-19(17)25-21(28)16-8-10-24-11-9-16/h1-2,5,7-11,17,19H,3-4,6,12-15H2,(H,25,28)/t17-,19+/m0/s1. The Bertz CT molecular complexity index is 868. The summed E-state index contributed by atoms with van der Waals surface area (Å²) in [7, 11) is 0. The number of halogens is 1. The van der Waals surface area contributed by atoms with Crippen LogP contribution in [0, 0.1) is 11.7 Å². The van der Waals surface area contributed by atoms with Gasteiger partial charge in [0, 0.05) is 50.2 Å². The average molecular weight is 396 g/mol. The van der Waals surface area contributed by atoms with E-state index in [0.717, 1.165) is 19.3 Å². The summed E-state index contributed by atoms with van der Waals surface area (Å²) in [6.07, 6.45) is 5.69. The van der Waals surface area contributed by atoms with Gasteiger partial charge in [0.15, 0.2) is 0 Å². The van der Waals surface area contributed by atoms with E-state index in [4.69, 9.17) is 0 Å². The summed E-state index contributed by atoms with van der Waals surface area (Å²) in [6.45, 7) is 2.34. The van der Waals surface area contributed by atoms with Crippen LogP contribution in [0.4, 0.5) is 10.1 Å². The lowest BCUT2D eigenvalue weighted by Crippen LogP contribution is -2.53. The molecule has 1 saturated heterocycles. The van der Waals surface area contributed by atoms with Gasteiger partial charge in [-0.25, -0.2) is 4.39 Å². The molecule has 7 heteroatoms. The molecule has 1 aliphatic carbocycles. The quantitative estimate of drug-likeness (QED) is 0.862. The lowest BCUT2D eigenvalue weighted by molar-refractivity contribution is -0.136. The summed E-state index contributed by atoms with van der Waals surface area (Å²) in [6, 6.07) is 9.93. The van der Waals surface area contributed by atoms with Crippen LogP contribution in [0.3, 0.4) is 0 Å². The van der Waals surface area contributed by atoms with Crippen LogP contribution in [0.15, 0.2) is 48.8 Å². The van der Waals surface area contributed by atoms with E-state index in [-0.39, 0.29) is 29.6 Å². The number of benzene rings is 1. The molecule has 29 heavy (non-hydrogen) atoms. The Morgan fingerprint density at radius 2 is 1.72 bits per heavy atom. The molecule has 6 nitrogen and oxygen atoms in total. The van der Waals surface area contributed by atoms with Gasteiger partial charge in [-0.15, -0.1) is 0 Å². The Kier molecular flexibility index (Phi) is 5.74. The summed E-state index contributed by atoms with van der Waals surface area (Å²) < 4.78 is 14.0. The first-order valence-corrected chi connectivity index (χ1v) is 10.1. The van der Waals surface area contributed by atoms with Gasteiger partial charge in [0.05, 0.1) is 11.6 Å². The molecule has 2 aliphatic rings. The van der Waals surface area contributed by atoms with Gasteiger partial charge in [-0.05, 0) is 37.1 Å². The molecule has 2 atom stereocenters. The van der Waals surface area contributed by atoms with E-state index in [9.17, 15) is 14.0 Å². The van der Waals surface area contributed by atoms with Crippen LogP contribution in [0.25, 0.3) is 0 Å². The number of carbonyl (C=O) groups is 2. The van der Waals surface area contributed by atoms with Crippen molar-refractivity contribution in [2.45, 2.75) is 25.3 Å². The minimum absolute atomic E-state index is 0.0933. The lowest BCUT2D eigenvalue weighted by Gasteiger charge is -2.38. The van der Waals surface area contributed by atoms with Crippen molar-refractivity contribution in [2.24, 2.45) is 5.92 Å². The number of pyridine rings is 1. The van der Waals surface area contributed by atoms with E-state index in [1.807, 2.05) is 15.9 Å². The van der Waals surface area contributed by atoms with Crippen LogP contribution in [-0.2, 0) is 4.79 Å². The molecule has 152 valence electrons. The molecule has 0 spiro atoms. The van der Waals surface area contributed by atoms with Gasteiger partial charge < -0.3 is 15.1 Å². The summed E-state index contributed by atoms with van der Waals surface area (Å²) >= 11 is 0. The van der Waals surface area contributed by atoms with Gasteiger partial charge in [0.2, 0.25) is 5.91 Å². The minimum atomic E-state index is -0.234. The fraction of sp³-hybridized carbons (Fsp3) is 0.409. The zero-order valence-electron chi connectivity index (χ0n) is 16.3. The maximum atomic E-state index is 14.0. The molecule has 4 rings (SSSR count). The molecule has 2 fully saturated rings. The summed E-state index contributed by atoms with van der Waals surface area (Å²) in [5.41, 5.74) is 1.14. The average Bonchev–Trinajstić information content (AvgIpc) is 3.22. The van der Waals surface area contributed by atoms with Gasteiger partial charge in [0.25, 0.3) is 5.91 Å². The number of hydrogen-bond donors (Lipinski definition) is 1. The molecule has 1 aromatic heterocycles. The number of para-hydroxylation sites is 1. The molecule has 1 aliphatic heterocycles. The number of piperazine rings is 1. The second kappa shape index (κ2) is 8.59. The second-order valence-electron chi connectivity index (χ2n) is 7.62. The van der Waals surface area contributed by atoms with Gasteiger partial charge in [-0.3, -0.25) is 14.6 Å². The number of amides is 2. The second-order valence-corrected chi connectivity index (χ2v) is 7.62. The highest BCUT2D eigenvalue weighted by Crippen LogP contribution is 2.29. The molecule has 2 amide bonds. The van der Waals surface area contributed by atoms with Crippen LogP contribution < -0.4 is 10.2 Å². The molecule has 1 saturated carbocycles. The van der Waals surface area contributed by atoms with Crippen molar-refractivity contribution >= 4 is 17.5 Å². The topological polar surface area (TPSA) is 65.5 Å². The third-order valence-electron chi connectivity index (χ3n) is 5.88. The van der Waals surface area contributed by atoms with Crippen LogP contribution in [0.1, 0.15) is 29.6 Å². The Labute approximate surface area is 169 Å². The number of nitrogens with zero attached hydrogens (tertiary/aromatic N) is 3. The molecule has 2 aromatic rings. The van der Waals surface area contributed by atoms with Crippen LogP contribution in [-0.4, -0.2) is 53.9 Å². The van der Waals surface area contributed by atoms with Crippen LogP contribution in [0.5, 0.6) is 0 Å². The molecule has 0 radical (unpaired) electrons. The molecule has 1 N–H and O–H groups in total. The fourth-order valence-electron chi connectivity index (χ4n) is 4.29. The zero-order chi connectivity index (χ0) is 20.2. The van der Waals surface area contributed by atoms with Crippen molar-refractivity contribution in [1.29, 1.82) is 0 Å². The van der Waals surface area contributed by atoms with Gasteiger partial charge in [-0.2, -0.15) is 0 Å². The van der Waals surface area contributed by atoms with Gasteiger partial charge in [0.1, 0.15) is 5.82 Å². The number of aromatic nitrogens is 1. The SMILES string of the molecule is O=C(N[C@@H]1CCC[C@@H]1C(=O)N1CCN(c2ccccc2F)CC1)c1ccncc1. The minimum Gasteiger partial charge on any atom is -0.366 e. The Hall–Kier alpha value is -2.96. The van der Waals surface area contributed by atoms with Crippen molar-refractivity contribution in [3.05, 3.63) is 60.2 Å². The van der Waals surface area contributed by atoms with E-state index in [1.165, 1.54) is 6.07 Å². The van der Waals surface area contributed by atoms with Crippen molar-refractivity contribution in [3.8, 4) is 0 Å². The third kappa shape index (κ3) is 4.23. The maximum absolute atomic E-state index is 14.0. The largest absolute Gasteiger partial charge is 0.366 e. The smallest absolute Gasteiger partial charge is 0.251 e. The van der Waals surface area contributed by atoms with Crippen molar-refractivity contribution < 1.29 is 14.0 Å². The number of rotatable bonds is 4. The Balaban J connectivity index is 1.35. The summed E-state index contributed by atoms with van der Waals surface area (Å²) in [5, 5.41) is 3.03. The van der Waals surface area contributed by atoms with Gasteiger partial charge in [-0.1, -0.05) is 18.6 Å². The Morgan fingerprint density at radius 3 is 2.45 bits per heavy atom. The molecule has 0 bridgehead atoms. The van der Waals surface area contributed by atoms with Crippen LogP contribution in [0.2, 0.25) is 0 Å². The monoisotopic (exact) mass is 396 g/mol. The number of hydrogen-bond acceptors (Lipinski definition) is 4. The number of anilines is 1. The lowest BCUT2D eigenvalue weighted by atomic mass is 10.0. The first kappa shape index (κ1) is 19.4. The van der Waals surface area contributed by atoms with E-state index in [0.29, 0.717) is 37.4 Å². The summed E-state index contributed by atoms with van der Waals surface area (Å²) in [5.74, 6) is -0.500. The molecular weight excluding hydrogens is 371 g/mol. The first-order valence-electron chi connectivity index (χ1n) is 10.1. The van der Waals surface area contributed by atoms with E-state index < -0.39 is 0 Å². The van der Waals surface area contributed by atoms with Gasteiger partial charge >= 0.3 is 0 Å². The van der Waals surface area contributed by atoms with E-state index in [1.54, 1.807) is 36.7 Å². The third-order valence-corrected chi connectivity index (χ3v) is 5.88. The molecule has 1 aromatic carbocycles. The van der Waals surface area contributed by atoms with E-state index >= 15 is 0 Å². The number of carbonyl (C=O) groups excluding carboxylic acids is 2. The molecular formula is C22H25FN4O2. The van der Waals surface area contributed by atoms with Crippen LogP contribution >= 0.6 is 0 Å². The summed E-state index contributed by atoms with van der Waals surface area (Å²) in [4.78, 5) is 33.4. The predicted octanol–water partition coefficient (Wildman–Crippen LogP) is 2.47. The van der Waals surface area contributed by atoms with Crippen molar-refractivity contribution in [3.63, 3.8) is 0 Å². The fourth-order valence-corrected chi connectivity index (χ4v) is 4.29. The normalized spacial score (nSPS) is 21.8. The highest BCUT2D eigenvalue weighted by atomic mass is 19.1. The molecule has 2 heterocycles. The van der Waals surface area contributed by atoms with Crippen molar-refractivity contribution in [2.75, 3.05) is 31.1 Å². The first-order chi connectivity index (χ1) is 14.1. The molecule has 0 unspecified atom stereocenters. The number of nitrogens with one attached hydrogen (secondary N) is 1. The highest BCUT2D eigenvalue weighted by Gasteiger charge is 2.37. The highest BCUT2D eigenvalue weighted by molar-refractivity contribution is 5.94. The predicted molar refractivity (Wildman–Crippen MR) is 108 cm³/mol. The maximum Gasteiger partial charge on any atom is 0.251 e. The van der Waals surface area contributed by atoms with E-state index in [2.05, 4.69) is 10.3 Å². The zero-order valence-corrected chi connectivity index (χ0v) is 16.3. The Morgan fingerprint density at radius 1 is 1.00 bits per heavy atom. The van der Waals surface area contributed by atoms with Crippen molar-refractivity contribution in [1.82, 2.24) is 15.2 Å².